The average molecular weight is 248 g/mol. The zero-order chi connectivity index (χ0) is 12.8. The summed E-state index contributed by atoms with van der Waals surface area (Å²) in [5.41, 5.74) is 0.983. The van der Waals surface area contributed by atoms with Crippen LogP contribution in [0.5, 0.6) is 0 Å². The lowest BCUT2D eigenvalue weighted by Gasteiger charge is -2.28. The molecule has 0 radical (unpaired) electrons. The molecule has 0 aromatic carbocycles. The maximum atomic E-state index is 11.9. The second-order valence-electron chi connectivity index (χ2n) is 5.01. The van der Waals surface area contributed by atoms with Gasteiger partial charge < -0.3 is 10.4 Å². The molecule has 1 heterocycles. The molecule has 2 rings (SSSR count). The molecule has 1 aliphatic rings. The molecule has 0 spiro atoms. The van der Waals surface area contributed by atoms with E-state index in [0.717, 1.165) is 31.2 Å². The fourth-order valence-corrected chi connectivity index (χ4v) is 2.55. The number of rotatable bonds is 4. The summed E-state index contributed by atoms with van der Waals surface area (Å²) >= 11 is 0. The molecule has 2 atom stereocenters. The van der Waals surface area contributed by atoms with Crippen molar-refractivity contribution in [2.75, 3.05) is 6.61 Å². The maximum Gasteiger partial charge on any atom is 0.224 e. The van der Waals surface area contributed by atoms with Crippen molar-refractivity contribution >= 4 is 5.91 Å². The summed E-state index contributed by atoms with van der Waals surface area (Å²) < 4.78 is 0. The summed E-state index contributed by atoms with van der Waals surface area (Å²) in [6.07, 6.45) is 7.90. The highest BCUT2D eigenvalue weighted by Gasteiger charge is 2.22. The molecule has 4 heteroatoms. The molecule has 1 aromatic rings. The molecule has 1 saturated carbocycles. The summed E-state index contributed by atoms with van der Waals surface area (Å²) in [6, 6.07) is 3.94. The zero-order valence-corrected chi connectivity index (χ0v) is 10.5. The van der Waals surface area contributed by atoms with Crippen molar-refractivity contribution in [1.82, 2.24) is 10.3 Å². The van der Waals surface area contributed by atoms with Gasteiger partial charge in [0, 0.05) is 25.0 Å². The van der Waals surface area contributed by atoms with Crippen LogP contribution in [0.2, 0.25) is 0 Å². The number of hydrogen-bond donors (Lipinski definition) is 2. The molecule has 0 saturated heterocycles. The summed E-state index contributed by atoms with van der Waals surface area (Å²) in [7, 11) is 0. The Kier molecular flexibility index (Phi) is 4.70. The predicted octanol–water partition coefficient (Wildman–Crippen LogP) is 1.29. The highest BCUT2D eigenvalue weighted by Crippen LogP contribution is 2.23. The molecule has 1 amide bonds. The van der Waals surface area contributed by atoms with Gasteiger partial charge >= 0.3 is 0 Å². The van der Waals surface area contributed by atoms with Crippen molar-refractivity contribution in [1.29, 1.82) is 0 Å². The largest absolute Gasteiger partial charge is 0.396 e. The van der Waals surface area contributed by atoms with Gasteiger partial charge in [-0.1, -0.05) is 6.42 Å². The van der Waals surface area contributed by atoms with Gasteiger partial charge in [-0.05, 0) is 42.9 Å². The van der Waals surface area contributed by atoms with Crippen LogP contribution in [-0.2, 0) is 11.2 Å². The number of nitrogens with zero attached hydrogens (tertiary/aromatic N) is 1. The molecular weight excluding hydrogens is 228 g/mol. The summed E-state index contributed by atoms with van der Waals surface area (Å²) in [5, 5.41) is 12.2. The lowest BCUT2D eigenvalue weighted by molar-refractivity contribution is -0.121. The van der Waals surface area contributed by atoms with Crippen LogP contribution >= 0.6 is 0 Å². The van der Waals surface area contributed by atoms with Gasteiger partial charge in [0.1, 0.15) is 0 Å². The van der Waals surface area contributed by atoms with E-state index in [-0.39, 0.29) is 18.6 Å². The monoisotopic (exact) mass is 248 g/mol. The van der Waals surface area contributed by atoms with Gasteiger partial charge in [0.25, 0.3) is 0 Å². The highest BCUT2D eigenvalue weighted by molar-refractivity contribution is 5.78. The quantitative estimate of drug-likeness (QED) is 0.844. The van der Waals surface area contributed by atoms with Crippen molar-refractivity contribution < 1.29 is 9.90 Å². The molecule has 1 aliphatic carbocycles. The van der Waals surface area contributed by atoms with Gasteiger partial charge in [-0.3, -0.25) is 9.78 Å². The van der Waals surface area contributed by atoms with E-state index < -0.39 is 0 Å². The van der Waals surface area contributed by atoms with Gasteiger partial charge in [0.15, 0.2) is 0 Å². The summed E-state index contributed by atoms with van der Waals surface area (Å²) in [6.45, 7) is 0.233. The maximum absolute atomic E-state index is 11.9. The smallest absolute Gasteiger partial charge is 0.224 e. The Balaban J connectivity index is 1.80. The topological polar surface area (TPSA) is 62.2 Å². The van der Waals surface area contributed by atoms with E-state index in [1.54, 1.807) is 12.4 Å². The molecule has 98 valence electrons. The first-order valence-corrected chi connectivity index (χ1v) is 6.57. The molecule has 2 unspecified atom stereocenters. The Morgan fingerprint density at radius 3 is 2.89 bits per heavy atom. The van der Waals surface area contributed by atoms with Crippen LogP contribution in [0.3, 0.4) is 0 Å². The third-order valence-corrected chi connectivity index (χ3v) is 3.52. The van der Waals surface area contributed by atoms with Gasteiger partial charge in [0.05, 0.1) is 6.42 Å². The third-order valence-electron chi connectivity index (χ3n) is 3.52. The van der Waals surface area contributed by atoms with E-state index in [2.05, 4.69) is 10.3 Å². The van der Waals surface area contributed by atoms with Crippen molar-refractivity contribution in [2.24, 2.45) is 5.92 Å². The highest BCUT2D eigenvalue weighted by atomic mass is 16.3. The van der Waals surface area contributed by atoms with Crippen LogP contribution in [0.4, 0.5) is 0 Å². The number of pyridine rings is 1. The molecule has 1 fully saturated rings. The van der Waals surface area contributed by atoms with E-state index in [9.17, 15) is 4.79 Å². The second kappa shape index (κ2) is 6.50. The van der Waals surface area contributed by atoms with Crippen LogP contribution in [-0.4, -0.2) is 28.6 Å². The zero-order valence-electron chi connectivity index (χ0n) is 10.5. The Labute approximate surface area is 107 Å². The van der Waals surface area contributed by atoms with Crippen LogP contribution in [0.25, 0.3) is 0 Å². The third kappa shape index (κ3) is 3.81. The predicted molar refractivity (Wildman–Crippen MR) is 68.9 cm³/mol. The molecule has 2 N–H and O–H groups in total. The van der Waals surface area contributed by atoms with Crippen molar-refractivity contribution in [3.63, 3.8) is 0 Å². The minimum Gasteiger partial charge on any atom is -0.396 e. The van der Waals surface area contributed by atoms with Gasteiger partial charge in [-0.25, -0.2) is 0 Å². The number of hydrogen-bond acceptors (Lipinski definition) is 3. The Bertz CT molecular complexity index is 381. The van der Waals surface area contributed by atoms with Crippen LogP contribution in [0.15, 0.2) is 24.5 Å². The average Bonchev–Trinajstić information content (AvgIpc) is 2.40. The molecule has 0 aliphatic heterocycles. The van der Waals surface area contributed by atoms with Crippen LogP contribution in [0.1, 0.15) is 31.2 Å². The minimum atomic E-state index is 0.0600. The Morgan fingerprint density at radius 1 is 1.39 bits per heavy atom. The van der Waals surface area contributed by atoms with Crippen molar-refractivity contribution in [3.05, 3.63) is 30.1 Å². The van der Waals surface area contributed by atoms with E-state index in [1.165, 1.54) is 0 Å². The van der Waals surface area contributed by atoms with E-state index in [1.807, 2.05) is 12.1 Å². The number of aliphatic hydroxyl groups excluding tert-OH is 1. The summed E-state index contributed by atoms with van der Waals surface area (Å²) in [4.78, 5) is 15.8. The Morgan fingerprint density at radius 2 is 2.17 bits per heavy atom. The second-order valence-corrected chi connectivity index (χ2v) is 5.01. The first kappa shape index (κ1) is 13.0. The first-order chi connectivity index (χ1) is 8.78. The standard InChI is InChI=1S/C14H20N2O2/c17-10-12-2-1-3-13(8-12)16-14(18)9-11-4-6-15-7-5-11/h4-7,12-13,17H,1-3,8-10H2,(H,16,18). The van der Waals surface area contributed by atoms with E-state index in [4.69, 9.17) is 5.11 Å². The number of carbonyl (C=O) groups is 1. The van der Waals surface area contributed by atoms with Crippen molar-refractivity contribution in [2.45, 2.75) is 38.1 Å². The fourth-order valence-electron chi connectivity index (χ4n) is 2.55. The number of aromatic nitrogens is 1. The van der Waals surface area contributed by atoms with E-state index in [0.29, 0.717) is 12.3 Å². The van der Waals surface area contributed by atoms with Crippen molar-refractivity contribution in [3.8, 4) is 0 Å². The Hall–Kier alpha value is -1.42. The molecular formula is C14H20N2O2. The SMILES string of the molecule is O=C(Cc1ccncc1)NC1CCCC(CO)C1. The van der Waals surface area contributed by atoms with E-state index >= 15 is 0 Å². The fraction of sp³-hybridized carbons (Fsp3) is 0.571. The number of aliphatic hydroxyl groups is 1. The molecule has 1 aromatic heterocycles. The molecule has 18 heavy (non-hydrogen) atoms. The first-order valence-electron chi connectivity index (χ1n) is 6.57. The van der Waals surface area contributed by atoms with Gasteiger partial charge in [0.2, 0.25) is 5.91 Å². The lowest BCUT2D eigenvalue weighted by atomic mass is 9.86. The summed E-state index contributed by atoms with van der Waals surface area (Å²) in [5.74, 6) is 0.412. The molecule has 0 bridgehead atoms. The molecule has 4 nitrogen and oxygen atoms in total. The lowest BCUT2D eigenvalue weighted by Crippen LogP contribution is -2.39. The normalized spacial score (nSPS) is 23.6. The van der Waals surface area contributed by atoms with Crippen LogP contribution < -0.4 is 5.32 Å². The van der Waals surface area contributed by atoms with Crippen LogP contribution in [0, 0.1) is 5.92 Å². The van der Waals surface area contributed by atoms with Gasteiger partial charge in [-0.2, -0.15) is 0 Å². The number of carbonyl (C=O) groups excluding carboxylic acids is 1. The number of amides is 1. The minimum absolute atomic E-state index is 0.0600. The number of nitrogens with one attached hydrogen (secondary N) is 1. The van der Waals surface area contributed by atoms with Gasteiger partial charge in [-0.15, -0.1) is 0 Å².